The molecule has 0 unspecified atom stereocenters. The third-order valence-electron chi connectivity index (χ3n) is 2.64. The first-order valence-corrected chi connectivity index (χ1v) is 8.46. The van der Waals surface area contributed by atoms with Gasteiger partial charge in [-0.05, 0) is 31.6 Å². The summed E-state index contributed by atoms with van der Waals surface area (Å²) in [5.41, 5.74) is 0. The van der Waals surface area contributed by atoms with Crippen molar-refractivity contribution in [2.45, 2.75) is 32.6 Å². The number of carbonyl (C=O) groups excluding carboxylic acids is 1. The highest BCUT2D eigenvalue weighted by molar-refractivity contribution is 7.90. The number of nitrogens with one attached hydrogen (secondary N) is 1. The molecule has 7 heteroatoms. The van der Waals surface area contributed by atoms with Crippen LogP contribution in [-0.2, 0) is 16.4 Å². The van der Waals surface area contributed by atoms with Crippen LogP contribution in [0.2, 0.25) is 0 Å². The van der Waals surface area contributed by atoms with Crippen molar-refractivity contribution in [2.24, 2.45) is 5.92 Å². The zero-order valence-corrected chi connectivity index (χ0v) is 11.8. The quantitative estimate of drug-likeness (QED) is 0.862. The Bertz CT molecular complexity index is 532. The molecule has 1 aromatic heterocycles. The second-order valence-corrected chi connectivity index (χ2v) is 7.41. The van der Waals surface area contributed by atoms with Gasteiger partial charge >= 0.3 is 0 Å². The summed E-state index contributed by atoms with van der Waals surface area (Å²) in [4.78, 5) is 16.2. The number of sulfonamides is 1. The Morgan fingerprint density at radius 1 is 1.56 bits per heavy atom. The molecule has 1 heterocycles. The lowest BCUT2D eigenvalue weighted by molar-refractivity contribution is 0.0985. The van der Waals surface area contributed by atoms with Crippen molar-refractivity contribution in [1.29, 1.82) is 0 Å². The molecule has 18 heavy (non-hydrogen) atoms. The first kappa shape index (κ1) is 13.5. The predicted octanol–water partition coefficient (Wildman–Crippen LogP) is 1.57. The molecule has 1 amide bonds. The highest BCUT2D eigenvalue weighted by Gasteiger charge is 2.29. The lowest BCUT2D eigenvalue weighted by Gasteiger charge is -2.03. The van der Waals surface area contributed by atoms with Crippen LogP contribution in [0.15, 0.2) is 6.20 Å². The summed E-state index contributed by atoms with van der Waals surface area (Å²) in [5.74, 6) is -0.276. The fraction of sp³-hybridized carbons (Fsp3) is 0.636. The third-order valence-corrected chi connectivity index (χ3v) is 5.10. The van der Waals surface area contributed by atoms with E-state index in [9.17, 15) is 13.2 Å². The Labute approximate surface area is 111 Å². The lowest BCUT2D eigenvalue weighted by Crippen LogP contribution is -2.32. The number of thiazole rings is 1. The third kappa shape index (κ3) is 3.78. The number of aromatic nitrogens is 1. The summed E-state index contributed by atoms with van der Waals surface area (Å²) >= 11 is 1.25. The maximum Gasteiger partial charge on any atom is 0.276 e. The smallest absolute Gasteiger partial charge is 0.267 e. The molecule has 100 valence electrons. The van der Waals surface area contributed by atoms with Gasteiger partial charge in [-0.3, -0.25) is 4.79 Å². The van der Waals surface area contributed by atoms with Crippen molar-refractivity contribution in [1.82, 2.24) is 9.71 Å². The van der Waals surface area contributed by atoms with Gasteiger partial charge in [0.25, 0.3) is 5.91 Å². The SMILES string of the molecule is CCCc1ncc(C(=O)NS(=O)(=O)CC2CC2)s1. The molecule has 1 aromatic rings. The van der Waals surface area contributed by atoms with Crippen molar-refractivity contribution in [2.75, 3.05) is 5.75 Å². The summed E-state index contributed by atoms with van der Waals surface area (Å²) in [6, 6.07) is 0. The first-order chi connectivity index (χ1) is 8.50. The van der Waals surface area contributed by atoms with E-state index >= 15 is 0 Å². The van der Waals surface area contributed by atoms with Gasteiger partial charge in [0.1, 0.15) is 4.88 Å². The number of hydrogen-bond donors (Lipinski definition) is 1. The molecule has 5 nitrogen and oxygen atoms in total. The van der Waals surface area contributed by atoms with Gasteiger partial charge in [0, 0.05) is 0 Å². The minimum absolute atomic E-state index is 0.0549. The van der Waals surface area contributed by atoms with Crippen LogP contribution in [0.4, 0.5) is 0 Å². The number of aryl methyl sites for hydroxylation is 1. The second kappa shape index (κ2) is 5.36. The fourth-order valence-corrected chi connectivity index (χ4v) is 3.98. The Hall–Kier alpha value is -0.950. The molecule has 1 saturated carbocycles. The van der Waals surface area contributed by atoms with E-state index < -0.39 is 15.9 Å². The molecule has 1 N–H and O–H groups in total. The molecule has 1 aliphatic carbocycles. The van der Waals surface area contributed by atoms with E-state index in [4.69, 9.17) is 0 Å². The molecule has 0 saturated heterocycles. The molecule has 0 atom stereocenters. The highest BCUT2D eigenvalue weighted by Crippen LogP contribution is 2.30. The molecule has 0 bridgehead atoms. The van der Waals surface area contributed by atoms with Crippen molar-refractivity contribution in [3.05, 3.63) is 16.1 Å². The van der Waals surface area contributed by atoms with Gasteiger partial charge in [-0.2, -0.15) is 0 Å². The van der Waals surface area contributed by atoms with E-state index in [1.807, 2.05) is 6.92 Å². The molecule has 0 radical (unpaired) electrons. The monoisotopic (exact) mass is 288 g/mol. The first-order valence-electron chi connectivity index (χ1n) is 5.99. The van der Waals surface area contributed by atoms with Gasteiger partial charge in [-0.15, -0.1) is 11.3 Å². The fourth-order valence-electron chi connectivity index (χ4n) is 1.57. The van der Waals surface area contributed by atoms with Crippen LogP contribution in [0.25, 0.3) is 0 Å². The van der Waals surface area contributed by atoms with Crippen molar-refractivity contribution in [3.63, 3.8) is 0 Å². The standard InChI is InChI=1S/C11H16N2O3S2/c1-2-3-10-12-6-9(17-10)11(14)13-18(15,16)7-8-4-5-8/h6,8H,2-5,7H2,1H3,(H,13,14). The summed E-state index contributed by atoms with van der Waals surface area (Å²) in [6.07, 6.45) is 5.09. The summed E-state index contributed by atoms with van der Waals surface area (Å²) in [7, 11) is -3.49. The maximum absolute atomic E-state index is 11.8. The van der Waals surface area contributed by atoms with E-state index in [2.05, 4.69) is 9.71 Å². The molecule has 0 spiro atoms. The van der Waals surface area contributed by atoms with Crippen LogP contribution in [0, 0.1) is 5.92 Å². The molecule has 2 rings (SSSR count). The molecule has 0 aliphatic heterocycles. The van der Waals surface area contributed by atoms with Gasteiger partial charge < -0.3 is 0 Å². The Balaban J connectivity index is 1.97. The van der Waals surface area contributed by atoms with Crippen molar-refractivity contribution in [3.8, 4) is 0 Å². The molecule has 1 aliphatic rings. The number of rotatable bonds is 6. The van der Waals surface area contributed by atoms with Crippen LogP contribution >= 0.6 is 11.3 Å². The average molecular weight is 288 g/mol. The zero-order valence-electron chi connectivity index (χ0n) is 10.2. The van der Waals surface area contributed by atoms with Gasteiger partial charge in [0.2, 0.25) is 10.0 Å². The van der Waals surface area contributed by atoms with E-state index in [1.165, 1.54) is 17.5 Å². The van der Waals surface area contributed by atoms with Crippen molar-refractivity contribution >= 4 is 27.3 Å². The zero-order chi connectivity index (χ0) is 13.2. The predicted molar refractivity (Wildman–Crippen MR) is 70.1 cm³/mol. The van der Waals surface area contributed by atoms with E-state index in [1.54, 1.807) is 0 Å². The molecule has 0 aromatic carbocycles. The average Bonchev–Trinajstić information content (AvgIpc) is 2.94. The van der Waals surface area contributed by atoms with Gasteiger partial charge in [0.15, 0.2) is 0 Å². The summed E-state index contributed by atoms with van der Waals surface area (Å²) in [5, 5.41) is 0.863. The van der Waals surface area contributed by atoms with Crippen LogP contribution in [0.1, 0.15) is 40.9 Å². The summed E-state index contributed by atoms with van der Waals surface area (Å²) < 4.78 is 25.4. The molecule has 1 fully saturated rings. The van der Waals surface area contributed by atoms with E-state index in [0.29, 0.717) is 4.88 Å². The Morgan fingerprint density at radius 2 is 2.28 bits per heavy atom. The minimum Gasteiger partial charge on any atom is -0.267 e. The van der Waals surface area contributed by atoms with Crippen LogP contribution in [0.5, 0.6) is 0 Å². The van der Waals surface area contributed by atoms with Gasteiger partial charge in [-0.25, -0.2) is 18.1 Å². The number of nitrogens with zero attached hydrogens (tertiary/aromatic N) is 1. The van der Waals surface area contributed by atoms with Crippen LogP contribution in [-0.4, -0.2) is 25.1 Å². The summed E-state index contributed by atoms with van der Waals surface area (Å²) in [6.45, 7) is 2.03. The van der Waals surface area contributed by atoms with Gasteiger partial charge in [0.05, 0.1) is 17.0 Å². The normalized spacial score (nSPS) is 15.6. The molecular weight excluding hydrogens is 272 g/mol. The number of hydrogen-bond acceptors (Lipinski definition) is 5. The largest absolute Gasteiger partial charge is 0.276 e. The Morgan fingerprint density at radius 3 is 2.89 bits per heavy atom. The lowest BCUT2D eigenvalue weighted by atomic mass is 10.4. The van der Waals surface area contributed by atoms with Crippen LogP contribution < -0.4 is 4.72 Å². The second-order valence-electron chi connectivity index (χ2n) is 4.52. The van der Waals surface area contributed by atoms with E-state index in [-0.39, 0.29) is 11.7 Å². The van der Waals surface area contributed by atoms with Crippen LogP contribution in [0.3, 0.4) is 0 Å². The molecular formula is C11H16N2O3S2. The highest BCUT2D eigenvalue weighted by atomic mass is 32.2. The Kier molecular flexibility index (Phi) is 4.01. The van der Waals surface area contributed by atoms with Crippen molar-refractivity contribution < 1.29 is 13.2 Å². The topological polar surface area (TPSA) is 76.1 Å². The maximum atomic E-state index is 11.8. The van der Waals surface area contributed by atoms with E-state index in [0.717, 1.165) is 30.7 Å². The number of amides is 1. The van der Waals surface area contributed by atoms with Gasteiger partial charge in [-0.1, -0.05) is 6.92 Å². The number of carbonyl (C=O) groups is 1. The minimum atomic E-state index is -3.49.